The molecule has 0 atom stereocenters. The highest BCUT2D eigenvalue weighted by Gasteiger charge is 2.17. The van der Waals surface area contributed by atoms with Crippen LogP contribution >= 0.6 is 0 Å². The van der Waals surface area contributed by atoms with Crippen LogP contribution in [-0.4, -0.2) is 30.2 Å². The smallest absolute Gasteiger partial charge is 0.142 e. The summed E-state index contributed by atoms with van der Waals surface area (Å²) < 4.78 is 0. The van der Waals surface area contributed by atoms with Crippen LogP contribution in [0.25, 0.3) is 0 Å². The second-order valence-electron chi connectivity index (χ2n) is 5.68. The van der Waals surface area contributed by atoms with Gasteiger partial charge in [0.1, 0.15) is 6.61 Å². The first-order valence-electron chi connectivity index (χ1n) is 7.88. The summed E-state index contributed by atoms with van der Waals surface area (Å²) in [6.45, 7) is 3.65. The van der Waals surface area contributed by atoms with Gasteiger partial charge in [-0.05, 0) is 17.5 Å². The molecule has 2 aromatic rings. The van der Waals surface area contributed by atoms with E-state index in [9.17, 15) is 0 Å². The van der Waals surface area contributed by atoms with Crippen molar-refractivity contribution in [3.63, 3.8) is 0 Å². The van der Waals surface area contributed by atoms with E-state index < -0.39 is 0 Å². The first-order valence-corrected chi connectivity index (χ1v) is 7.88. The lowest BCUT2D eigenvalue weighted by Crippen LogP contribution is -2.23. The molecule has 0 N–H and O–H groups in total. The number of nitrogens with zero attached hydrogens (tertiary/aromatic N) is 2. The fraction of sp³-hybridized carbons (Fsp3) is 0.316. The summed E-state index contributed by atoms with van der Waals surface area (Å²) in [6, 6.07) is 20.8. The van der Waals surface area contributed by atoms with Crippen molar-refractivity contribution in [2.75, 3.05) is 19.6 Å². The van der Waals surface area contributed by atoms with Gasteiger partial charge in [-0.3, -0.25) is 4.90 Å². The predicted molar refractivity (Wildman–Crippen MR) is 89.9 cm³/mol. The second-order valence-corrected chi connectivity index (χ2v) is 5.68. The fourth-order valence-corrected chi connectivity index (χ4v) is 2.67. The molecule has 1 heterocycles. The number of hydrogen-bond acceptors (Lipinski definition) is 3. The monoisotopic (exact) mass is 294 g/mol. The van der Waals surface area contributed by atoms with E-state index in [1.807, 2.05) is 18.2 Å². The normalized spacial score (nSPS) is 17.0. The molecule has 0 spiro atoms. The van der Waals surface area contributed by atoms with Crippen LogP contribution in [0.1, 0.15) is 17.5 Å². The number of rotatable bonds is 6. The van der Waals surface area contributed by atoms with Crippen molar-refractivity contribution in [2.24, 2.45) is 5.16 Å². The first-order chi connectivity index (χ1) is 10.9. The Bertz CT molecular complexity index is 595. The van der Waals surface area contributed by atoms with E-state index in [2.05, 4.69) is 52.5 Å². The maximum Gasteiger partial charge on any atom is 0.142 e. The molecular weight excluding hydrogens is 272 g/mol. The third-order valence-corrected chi connectivity index (χ3v) is 3.95. The summed E-state index contributed by atoms with van der Waals surface area (Å²) in [5.74, 6) is 0. The van der Waals surface area contributed by atoms with Crippen molar-refractivity contribution in [1.29, 1.82) is 0 Å². The van der Waals surface area contributed by atoms with Gasteiger partial charge in [0.25, 0.3) is 0 Å². The van der Waals surface area contributed by atoms with Crippen molar-refractivity contribution < 1.29 is 4.84 Å². The molecule has 0 radical (unpaired) electrons. The van der Waals surface area contributed by atoms with Gasteiger partial charge in [0.15, 0.2) is 0 Å². The van der Waals surface area contributed by atoms with Crippen LogP contribution in [0.4, 0.5) is 0 Å². The van der Waals surface area contributed by atoms with Gasteiger partial charge in [0, 0.05) is 26.1 Å². The van der Waals surface area contributed by atoms with Crippen LogP contribution in [-0.2, 0) is 17.9 Å². The topological polar surface area (TPSA) is 24.8 Å². The zero-order valence-corrected chi connectivity index (χ0v) is 12.8. The van der Waals surface area contributed by atoms with Crippen molar-refractivity contribution in [3.05, 3.63) is 71.8 Å². The van der Waals surface area contributed by atoms with Crippen LogP contribution in [0.15, 0.2) is 65.8 Å². The standard InChI is InChI=1S/C19H22N2O/c1-3-7-17(8-4-1)11-13-21-14-12-19(15-21)20-22-16-18-9-5-2-6-10-18/h1-10H,11-16H2/b20-19+. The maximum atomic E-state index is 5.48. The third-order valence-electron chi connectivity index (χ3n) is 3.95. The molecule has 22 heavy (non-hydrogen) atoms. The molecule has 0 unspecified atom stereocenters. The molecular formula is C19H22N2O. The SMILES string of the molecule is c1ccc(CCN2CC/C(=N\OCc3ccccc3)C2)cc1. The maximum absolute atomic E-state index is 5.48. The van der Waals surface area contributed by atoms with Crippen LogP contribution in [0.5, 0.6) is 0 Å². The van der Waals surface area contributed by atoms with Crippen molar-refractivity contribution in [2.45, 2.75) is 19.4 Å². The molecule has 0 aliphatic carbocycles. The molecule has 1 fully saturated rings. The lowest BCUT2D eigenvalue weighted by atomic mass is 10.1. The third kappa shape index (κ3) is 4.43. The van der Waals surface area contributed by atoms with Crippen LogP contribution in [0.3, 0.4) is 0 Å². The van der Waals surface area contributed by atoms with Crippen LogP contribution < -0.4 is 0 Å². The minimum absolute atomic E-state index is 0.550. The van der Waals surface area contributed by atoms with E-state index in [1.54, 1.807) is 0 Å². The van der Waals surface area contributed by atoms with Gasteiger partial charge in [0.2, 0.25) is 0 Å². The summed E-state index contributed by atoms with van der Waals surface area (Å²) in [5, 5.41) is 4.30. The average molecular weight is 294 g/mol. The van der Waals surface area contributed by atoms with Crippen molar-refractivity contribution >= 4 is 5.71 Å². The summed E-state index contributed by atoms with van der Waals surface area (Å²) in [4.78, 5) is 7.92. The molecule has 0 aromatic heterocycles. The first kappa shape index (κ1) is 14.8. The van der Waals surface area contributed by atoms with E-state index in [0.717, 1.165) is 43.8 Å². The van der Waals surface area contributed by atoms with E-state index in [0.29, 0.717) is 6.61 Å². The molecule has 1 saturated heterocycles. The van der Waals surface area contributed by atoms with Gasteiger partial charge in [-0.25, -0.2) is 0 Å². The summed E-state index contributed by atoms with van der Waals surface area (Å²) in [7, 11) is 0. The minimum atomic E-state index is 0.550. The highest BCUT2D eigenvalue weighted by Crippen LogP contribution is 2.09. The van der Waals surface area contributed by atoms with Gasteiger partial charge < -0.3 is 4.84 Å². The number of likely N-dealkylation sites (tertiary alicyclic amines) is 1. The molecule has 0 saturated carbocycles. The quantitative estimate of drug-likeness (QED) is 0.762. The van der Waals surface area contributed by atoms with Crippen molar-refractivity contribution in [3.8, 4) is 0 Å². The molecule has 1 aliphatic heterocycles. The lowest BCUT2D eigenvalue weighted by molar-refractivity contribution is 0.129. The van der Waals surface area contributed by atoms with Gasteiger partial charge in [0.05, 0.1) is 5.71 Å². The largest absolute Gasteiger partial charge is 0.391 e. The summed E-state index contributed by atoms with van der Waals surface area (Å²) in [5.41, 5.74) is 3.71. The molecule has 0 amide bonds. The molecule has 3 heteroatoms. The van der Waals surface area contributed by atoms with E-state index in [-0.39, 0.29) is 0 Å². The number of oxime groups is 1. The van der Waals surface area contributed by atoms with Gasteiger partial charge >= 0.3 is 0 Å². The summed E-state index contributed by atoms with van der Waals surface area (Å²) >= 11 is 0. The van der Waals surface area contributed by atoms with Crippen molar-refractivity contribution in [1.82, 2.24) is 4.90 Å². The molecule has 0 bridgehead atoms. The Balaban J connectivity index is 1.41. The molecule has 3 nitrogen and oxygen atoms in total. The Hall–Kier alpha value is -2.13. The summed E-state index contributed by atoms with van der Waals surface area (Å²) in [6.07, 6.45) is 2.11. The van der Waals surface area contributed by atoms with Gasteiger partial charge in [-0.1, -0.05) is 65.8 Å². The van der Waals surface area contributed by atoms with E-state index >= 15 is 0 Å². The molecule has 3 rings (SSSR count). The Morgan fingerprint density at radius 1 is 0.909 bits per heavy atom. The minimum Gasteiger partial charge on any atom is -0.391 e. The van der Waals surface area contributed by atoms with E-state index in [1.165, 1.54) is 5.56 Å². The zero-order chi connectivity index (χ0) is 15.0. The zero-order valence-electron chi connectivity index (χ0n) is 12.8. The second kappa shape index (κ2) is 7.76. The average Bonchev–Trinajstić information content (AvgIpc) is 3.03. The Labute approximate surface area is 132 Å². The van der Waals surface area contributed by atoms with Crippen LogP contribution in [0.2, 0.25) is 0 Å². The van der Waals surface area contributed by atoms with Crippen LogP contribution in [0, 0.1) is 0 Å². The number of benzene rings is 2. The Morgan fingerprint density at radius 2 is 1.59 bits per heavy atom. The van der Waals surface area contributed by atoms with Gasteiger partial charge in [-0.15, -0.1) is 0 Å². The highest BCUT2D eigenvalue weighted by atomic mass is 16.6. The number of hydrogen-bond donors (Lipinski definition) is 0. The Morgan fingerprint density at radius 3 is 2.32 bits per heavy atom. The fourth-order valence-electron chi connectivity index (χ4n) is 2.67. The van der Waals surface area contributed by atoms with E-state index in [4.69, 9.17) is 4.84 Å². The highest BCUT2D eigenvalue weighted by molar-refractivity contribution is 5.87. The lowest BCUT2D eigenvalue weighted by Gasteiger charge is -2.13. The molecule has 2 aromatic carbocycles. The van der Waals surface area contributed by atoms with Gasteiger partial charge in [-0.2, -0.15) is 0 Å². The Kier molecular flexibility index (Phi) is 5.22. The predicted octanol–water partition coefficient (Wildman–Crippen LogP) is 3.51. The molecule has 1 aliphatic rings. The molecule has 114 valence electrons.